The van der Waals surface area contributed by atoms with Gasteiger partial charge in [-0.3, -0.25) is 4.79 Å². The summed E-state index contributed by atoms with van der Waals surface area (Å²) in [5.41, 5.74) is 3.89. The van der Waals surface area contributed by atoms with E-state index in [9.17, 15) is 18.0 Å². The van der Waals surface area contributed by atoms with Crippen molar-refractivity contribution < 1.29 is 22.7 Å². The zero-order chi connectivity index (χ0) is 15.6. The van der Waals surface area contributed by atoms with Gasteiger partial charge in [-0.15, -0.1) is 11.8 Å². The first-order valence-electron chi connectivity index (χ1n) is 5.80. The van der Waals surface area contributed by atoms with Crippen LogP contribution in [0.25, 0.3) is 0 Å². The summed E-state index contributed by atoms with van der Waals surface area (Å²) in [4.78, 5) is 11.5. The van der Waals surface area contributed by atoms with Crippen LogP contribution in [0, 0.1) is 0 Å². The Morgan fingerprint density at radius 2 is 1.90 bits per heavy atom. The second-order valence-corrected chi connectivity index (χ2v) is 6.15. The molecule has 0 saturated carbocycles. The lowest BCUT2D eigenvalue weighted by molar-refractivity contribution is -0.151. The van der Waals surface area contributed by atoms with E-state index in [1.165, 1.54) is 12.1 Å². The summed E-state index contributed by atoms with van der Waals surface area (Å²) in [6.07, 6.45) is -4.51. The molecule has 0 aliphatic rings. The van der Waals surface area contributed by atoms with Crippen LogP contribution in [0.5, 0.6) is 0 Å². The molecule has 0 saturated heterocycles. The Balaban J connectivity index is 2.81. The predicted molar refractivity (Wildman–Crippen MR) is 72.4 cm³/mol. The SMILES string of the molecule is CC(C)(C)OC(=O)CSc1ccc(N)cc1C(F)(F)F. The van der Waals surface area contributed by atoms with Crippen LogP contribution in [-0.2, 0) is 15.7 Å². The van der Waals surface area contributed by atoms with Gasteiger partial charge < -0.3 is 10.5 Å². The van der Waals surface area contributed by atoms with Crippen molar-refractivity contribution in [2.24, 2.45) is 0 Å². The molecule has 1 aromatic carbocycles. The second-order valence-electron chi connectivity index (χ2n) is 5.13. The maximum atomic E-state index is 12.8. The van der Waals surface area contributed by atoms with Gasteiger partial charge in [0.2, 0.25) is 0 Å². The van der Waals surface area contributed by atoms with E-state index in [0.29, 0.717) is 0 Å². The maximum Gasteiger partial charge on any atom is 0.417 e. The molecule has 0 radical (unpaired) electrons. The molecule has 20 heavy (non-hydrogen) atoms. The van der Waals surface area contributed by atoms with E-state index in [-0.39, 0.29) is 16.3 Å². The van der Waals surface area contributed by atoms with Crippen molar-refractivity contribution in [3.05, 3.63) is 23.8 Å². The maximum absolute atomic E-state index is 12.8. The molecule has 0 atom stereocenters. The van der Waals surface area contributed by atoms with Crippen molar-refractivity contribution in [3.63, 3.8) is 0 Å². The Bertz CT molecular complexity index is 495. The highest BCUT2D eigenvalue weighted by Crippen LogP contribution is 2.37. The van der Waals surface area contributed by atoms with Crippen molar-refractivity contribution in [2.45, 2.75) is 37.4 Å². The molecule has 3 nitrogen and oxygen atoms in total. The highest BCUT2D eigenvalue weighted by atomic mass is 32.2. The molecule has 112 valence electrons. The van der Waals surface area contributed by atoms with E-state index in [2.05, 4.69) is 0 Å². The monoisotopic (exact) mass is 307 g/mol. The van der Waals surface area contributed by atoms with Crippen LogP contribution in [0.15, 0.2) is 23.1 Å². The number of ether oxygens (including phenoxy) is 1. The van der Waals surface area contributed by atoms with Crippen molar-refractivity contribution in [1.29, 1.82) is 0 Å². The number of esters is 1. The number of hydrogen-bond acceptors (Lipinski definition) is 4. The number of hydrogen-bond donors (Lipinski definition) is 1. The van der Waals surface area contributed by atoms with Crippen LogP contribution < -0.4 is 5.73 Å². The number of benzene rings is 1. The summed E-state index contributed by atoms with van der Waals surface area (Å²) >= 11 is 0.781. The molecule has 0 unspecified atom stereocenters. The van der Waals surface area contributed by atoms with Crippen molar-refractivity contribution in [3.8, 4) is 0 Å². The molecule has 7 heteroatoms. The minimum atomic E-state index is -4.51. The number of carbonyl (C=O) groups is 1. The van der Waals surface area contributed by atoms with E-state index in [1.54, 1.807) is 20.8 Å². The first kappa shape index (κ1) is 16.7. The van der Waals surface area contributed by atoms with Gasteiger partial charge >= 0.3 is 12.1 Å². The van der Waals surface area contributed by atoms with Crippen molar-refractivity contribution >= 4 is 23.4 Å². The van der Waals surface area contributed by atoms with E-state index >= 15 is 0 Å². The Kier molecular flexibility index (Phi) is 4.96. The Morgan fingerprint density at radius 3 is 2.40 bits per heavy atom. The Labute approximate surface area is 119 Å². The zero-order valence-electron chi connectivity index (χ0n) is 11.4. The van der Waals surface area contributed by atoms with Gasteiger partial charge in [0.1, 0.15) is 5.60 Å². The summed E-state index contributed by atoms with van der Waals surface area (Å²) in [5.74, 6) is -0.753. The normalized spacial score (nSPS) is 12.3. The number of alkyl halides is 3. The lowest BCUT2D eigenvalue weighted by Crippen LogP contribution is -2.25. The highest BCUT2D eigenvalue weighted by molar-refractivity contribution is 8.00. The number of halogens is 3. The number of rotatable bonds is 3. The number of nitrogen functional groups attached to an aromatic ring is 1. The number of nitrogens with two attached hydrogens (primary N) is 1. The van der Waals surface area contributed by atoms with Crippen LogP contribution in [0.3, 0.4) is 0 Å². The van der Waals surface area contributed by atoms with Crippen LogP contribution in [0.1, 0.15) is 26.3 Å². The zero-order valence-corrected chi connectivity index (χ0v) is 12.2. The molecule has 1 rings (SSSR count). The third kappa shape index (κ3) is 5.32. The number of anilines is 1. The third-order valence-corrected chi connectivity index (χ3v) is 3.12. The summed E-state index contributed by atoms with van der Waals surface area (Å²) < 4.78 is 43.6. The minimum Gasteiger partial charge on any atom is -0.459 e. The molecule has 0 aliphatic carbocycles. The summed E-state index contributed by atoms with van der Waals surface area (Å²) in [5, 5.41) is 0. The number of carbonyl (C=O) groups excluding carboxylic acids is 1. The first-order valence-corrected chi connectivity index (χ1v) is 6.79. The quantitative estimate of drug-likeness (QED) is 0.525. The second kappa shape index (κ2) is 5.95. The molecule has 0 aromatic heterocycles. The standard InChI is InChI=1S/C13H16F3NO2S/c1-12(2,3)19-11(18)7-20-10-5-4-8(17)6-9(10)13(14,15)16/h4-6H,7,17H2,1-3H3. The van der Waals surface area contributed by atoms with E-state index in [4.69, 9.17) is 10.5 Å². The van der Waals surface area contributed by atoms with E-state index < -0.39 is 23.3 Å². The van der Waals surface area contributed by atoms with Gasteiger partial charge in [0.15, 0.2) is 0 Å². The smallest absolute Gasteiger partial charge is 0.417 e. The van der Waals surface area contributed by atoms with Gasteiger partial charge in [-0.2, -0.15) is 13.2 Å². The van der Waals surface area contributed by atoms with Gasteiger partial charge in [-0.1, -0.05) is 0 Å². The molecule has 1 aromatic rings. The van der Waals surface area contributed by atoms with Gasteiger partial charge in [0.25, 0.3) is 0 Å². The van der Waals surface area contributed by atoms with Crippen LogP contribution in [0.4, 0.5) is 18.9 Å². The average molecular weight is 307 g/mol. The molecule has 0 bridgehead atoms. The average Bonchev–Trinajstić information content (AvgIpc) is 2.23. The molecule has 0 amide bonds. The first-order chi connectivity index (χ1) is 8.99. The van der Waals surface area contributed by atoms with Gasteiger partial charge in [-0.05, 0) is 39.0 Å². The molecular weight excluding hydrogens is 291 g/mol. The molecule has 0 spiro atoms. The molecule has 0 heterocycles. The highest BCUT2D eigenvalue weighted by Gasteiger charge is 2.34. The Morgan fingerprint density at radius 1 is 1.30 bits per heavy atom. The van der Waals surface area contributed by atoms with Gasteiger partial charge in [0.05, 0.1) is 11.3 Å². The van der Waals surface area contributed by atoms with E-state index in [1.807, 2.05) is 0 Å². The Hall–Kier alpha value is -1.37. The predicted octanol–water partition coefficient (Wildman–Crippen LogP) is 3.72. The molecular formula is C13H16F3NO2S. The fourth-order valence-electron chi connectivity index (χ4n) is 1.40. The fourth-order valence-corrected chi connectivity index (χ4v) is 2.23. The number of thioether (sulfide) groups is 1. The third-order valence-electron chi connectivity index (χ3n) is 2.07. The van der Waals surface area contributed by atoms with Gasteiger partial charge in [-0.25, -0.2) is 0 Å². The summed E-state index contributed by atoms with van der Waals surface area (Å²) in [6, 6.07) is 3.48. The summed E-state index contributed by atoms with van der Waals surface area (Å²) in [6.45, 7) is 5.08. The van der Waals surface area contributed by atoms with Crippen LogP contribution >= 0.6 is 11.8 Å². The topological polar surface area (TPSA) is 52.3 Å². The van der Waals surface area contributed by atoms with Crippen molar-refractivity contribution in [2.75, 3.05) is 11.5 Å². The lowest BCUT2D eigenvalue weighted by atomic mass is 10.2. The molecule has 0 aliphatic heterocycles. The summed E-state index contributed by atoms with van der Waals surface area (Å²) in [7, 11) is 0. The van der Waals surface area contributed by atoms with Crippen LogP contribution in [-0.4, -0.2) is 17.3 Å². The molecule has 0 fully saturated rings. The van der Waals surface area contributed by atoms with E-state index in [0.717, 1.165) is 17.8 Å². The fraction of sp³-hybridized carbons (Fsp3) is 0.462. The lowest BCUT2D eigenvalue weighted by Gasteiger charge is -2.19. The van der Waals surface area contributed by atoms with Crippen LogP contribution in [0.2, 0.25) is 0 Å². The minimum absolute atomic E-state index is 0.0268. The van der Waals surface area contributed by atoms with Gasteiger partial charge in [0, 0.05) is 10.6 Å². The van der Waals surface area contributed by atoms with Crippen molar-refractivity contribution in [1.82, 2.24) is 0 Å². The molecule has 2 N–H and O–H groups in total. The largest absolute Gasteiger partial charge is 0.459 e.